The zero-order valence-electron chi connectivity index (χ0n) is 14.3. The molecule has 0 fully saturated rings. The van der Waals surface area contributed by atoms with E-state index >= 15 is 0 Å². The number of aromatic nitrogens is 1. The normalized spacial score (nSPS) is 12.0. The molecule has 2 heterocycles. The lowest BCUT2D eigenvalue weighted by molar-refractivity contribution is 0.249. The van der Waals surface area contributed by atoms with E-state index in [1.54, 1.807) is 35.6 Å². The van der Waals surface area contributed by atoms with Crippen LogP contribution in [-0.2, 0) is 0 Å². The van der Waals surface area contributed by atoms with E-state index in [9.17, 15) is 4.79 Å². The van der Waals surface area contributed by atoms with Crippen LogP contribution in [0.2, 0.25) is 5.02 Å². The van der Waals surface area contributed by atoms with E-state index in [0.717, 1.165) is 10.6 Å². The Labute approximate surface area is 156 Å². The lowest BCUT2D eigenvalue weighted by Crippen LogP contribution is -2.31. The van der Waals surface area contributed by atoms with Crippen LogP contribution < -0.4 is 10.6 Å². The Kier molecular flexibility index (Phi) is 5.16. The van der Waals surface area contributed by atoms with Gasteiger partial charge < -0.3 is 15.2 Å². The van der Waals surface area contributed by atoms with Crippen molar-refractivity contribution in [1.82, 2.24) is 9.88 Å². The topological polar surface area (TPSA) is 46.1 Å². The number of hydrogen-bond donors (Lipinski definition) is 2. The van der Waals surface area contributed by atoms with E-state index in [1.807, 2.05) is 31.5 Å². The van der Waals surface area contributed by atoms with Crippen molar-refractivity contribution in [2.75, 3.05) is 5.32 Å². The molecule has 3 rings (SSSR count). The van der Waals surface area contributed by atoms with Crippen molar-refractivity contribution < 1.29 is 4.79 Å². The van der Waals surface area contributed by atoms with Crippen LogP contribution >= 0.6 is 22.9 Å². The van der Waals surface area contributed by atoms with Crippen LogP contribution in [0.5, 0.6) is 0 Å². The summed E-state index contributed by atoms with van der Waals surface area (Å²) in [7, 11) is 0. The first-order valence-electron chi connectivity index (χ1n) is 8.02. The third-order valence-corrected chi connectivity index (χ3v) is 5.62. The zero-order chi connectivity index (χ0) is 18.0. The Morgan fingerprint density at radius 3 is 2.44 bits per heavy atom. The number of halogens is 1. The molecule has 6 heteroatoms. The monoisotopic (exact) mass is 373 g/mol. The summed E-state index contributed by atoms with van der Waals surface area (Å²) in [6.45, 7) is 6.21. The third kappa shape index (κ3) is 3.89. The fraction of sp³-hybridized carbons (Fsp3) is 0.211. The first-order valence-corrected chi connectivity index (χ1v) is 9.21. The van der Waals surface area contributed by atoms with E-state index in [1.165, 1.54) is 10.4 Å². The summed E-state index contributed by atoms with van der Waals surface area (Å²) in [4.78, 5) is 13.6. The molecule has 0 radical (unpaired) electrons. The number of hydrogen-bond acceptors (Lipinski definition) is 2. The second-order valence-electron chi connectivity index (χ2n) is 5.92. The molecular weight excluding hydrogens is 354 g/mol. The van der Waals surface area contributed by atoms with E-state index < -0.39 is 0 Å². The average molecular weight is 374 g/mol. The molecule has 4 nitrogen and oxygen atoms in total. The highest BCUT2D eigenvalue weighted by molar-refractivity contribution is 7.14. The van der Waals surface area contributed by atoms with Gasteiger partial charge in [0.05, 0.1) is 6.04 Å². The maximum absolute atomic E-state index is 12.3. The van der Waals surface area contributed by atoms with Gasteiger partial charge in [0.1, 0.15) is 5.00 Å². The largest absolute Gasteiger partial charge is 0.331 e. The van der Waals surface area contributed by atoms with Gasteiger partial charge in [0, 0.05) is 33.5 Å². The minimum absolute atomic E-state index is 0.116. The molecule has 0 saturated carbocycles. The molecule has 0 saturated heterocycles. The standard InChI is InChI=1S/C19H20ClN3OS/c1-12-14(3)25-18(23-10-4-5-11-23)17(12)13(2)21-19(24)22-16-8-6-15(20)7-9-16/h4-11,13H,1-3H3,(H2,21,22,24)/t13-/m0/s1. The molecule has 3 aromatic rings. The minimum atomic E-state index is -0.239. The Hall–Kier alpha value is -2.24. The number of aryl methyl sites for hydroxylation is 1. The van der Waals surface area contributed by atoms with Crippen LogP contribution in [0.25, 0.3) is 5.00 Å². The number of nitrogens with one attached hydrogen (secondary N) is 2. The van der Waals surface area contributed by atoms with Crippen molar-refractivity contribution in [2.45, 2.75) is 26.8 Å². The maximum atomic E-state index is 12.3. The smallest absolute Gasteiger partial charge is 0.319 e. The summed E-state index contributed by atoms with van der Waals surface area (Å²) in [5.41, 5.74) is 3.07. The highest BCUT2D eigenvalue weighted by Crippen LogP contribution is 2.35. The van der Waals surface area contributed by atoms with Gasteiger partial charge in [-0.2, -0.15) is 0 Å². The molecule has 0 bridgehead atoms. The lowest BCUT2D eigenvalue weighted by atomic mass is 10.1. The van der Waals surface area contributed by atoms with Crippen LogP contribution in [0.4, 0.5) is 10.5 Å². The Bertz CT molecular complexity index is 869. The molecular formula is C19H20ClN3OS. The molecule has 0 aliphatic heterocycles. The number of benzene rings is 1. The third-order valence-electron chi connectivity index (χ3n) is 4.13. The van der Waals surface area contributed by atoms with Crippen molar-refractivity contribution in [3.8, 4) is 5.00 Å². The molecule has 1 aromatic carbocycles. The predicted octanol–water partition coefficient (Wildman–Crippen LogP) is 5.69. The van der Waals surface area contributed by atoms with Gasteiger partial charge in [-0.3, -0.25) is 0 Å². The first-order chi connectivity index (χ1) is 12.0. The number of urea groups is 1. The molecule has 0 unspecified atom stereocenters. The van der Waals surface area contributed by atoms with Crippen molar-refractivity contribution in [1.29, 1.82) is 0 Å². The molecule has 130 valence electrons. The van der Waals surface area contributed by atoms with Crippen molar-refractivity contribution in [3.63, 3.8) is 0 Å². The number of nitrogens with zero attached hydrogens (tertiary/aromatic N) is 1. The zero-order valence-corrected chi connectivity index (χ0v) is 15.9. The van der Waals surface area contributed by atoms with Crippen LogP contribution in [-0.4, -0.2) is 10.6 Å². The maximum Gasteiger partial charge on any atom is 0.319 e. The van der Waals surface area contributed by atoms with Gasteiger partial charge in [-0.1, -0.05) is 11.6 Å². The summed E-state index contributed by atoms with van der Waals surface area (Å²) < 4.78 is 2.09. The number of thiophene rings is 1. The molecule has 2 amide bonds. The van der Waals surface area contributed by atoms with Crippen LogP contribution in [0.1, 0.15) is 29.0 Å². The van der Waals surface area contributed by atoms with Gasteiger partial charge in [0.2, 0.25) is 0 Å². The summed E-state index contributed by atoms with van der Waals surface area (Å²) >= 11 is 7.61. The SMILES string of the molecule is Cc1sc(-n2cccc2)c([C@H](C)NC(=O)Nc2ccc(Cl)cc2)c1C. The molecule has 0 aliphatic rings. The van der Waals surface area contributed by atoms with Crippen molar-refractivity contribution in [3.05, 3.63) is 69.8 Å². The molecule has 0 aliphatic carbocycles. The number of amides is 2. The van der Waals surface area contributed by atoms with Crippen LogP contribution in [0, 0.1) is 13.8 Å². The van der Waals surface area contributed by atoms with Crippen LogP contribution in [0.15, 0.2) is 48.8 Å². The summed E-state index contributed by atoms with van der Waals surface area (Å²) in [6, 6.07) is 10.7. The molecule has 1 atom stereocenters. The molecule has 2 N–H and O–H groups in total. The Balaban J connectivity index is 1.78. The lowest BCUT2D eigenvalue weighted by Gasteiger charge is -2.17. The average Bonchev–Trinajstić information content (AvgIpc) is 3.18. The number of carbonyl (C=O) groups is 1. The first kappa shape index (κ1) is 17.6. The molecule has 25 heavy (non-hydrogen) atoms. The minimum Gasteiger partial charge on any atom is -0.331 e. The number of carbonyl (C=O) groups excluding carboxylic acids is 1. The summed E-state index contributed by atoms with van der Waals surface area (Å²) in [5, 5.41) is 7.64. The second-order valence-corrected chi connectivity index (χ2v) is 7.56. The van der Waals surface area contributed by atoms with E-state index in [4.69, 9.17) is 11.6 Å². The molecule has 2 aromatic heterocycles. The van der Waals surface area contributed by atoms with Gasteiger partial charge in [-0.05, 0) is 62.7 Å². The summed E-state index contributed by atoms with van der Waals surface area (Å²) in [6.07, 6.45) is 4.05. The van der Waals surface area contributed by atoms with Crippen LogP contribution in [0.3, 0.4) is 0 Å². The Morgan fingerprint density at radius 1 is 1.16 bits per heavy atom. The van der Waals surface area contributed by atoms with Crippen molar-refractivity contribution >= 4 is 34.7 Å². The van der Waals surface area contributed by atoms with E-state index in [0.29, 0.717) is 10.7 Å². The Morgan fingerprint density at radius 2 is 1.80 bits per heavy atom. The predicted molar refractivity (Wildman–Crippen MR) is 105 cm³/mol. The van der Waals surface area contributed by atoms with Gasteiger partial charge in [-0.15, -0.1) is 11.3 Å². The number of rotatable bonds is 4. The van der Waals surface area contributed by atoms with E-state index in [2.05, 4.69) is 29.0 Å². The second kappa shape index (κ2) is 7.33. The fourth-order valence-corrected chi connectivity index (χ4v) is 4.11. The van der Waals surface area contributed by atoms with Gasteiger partial charge in [0.15, 0.2) is 0 Å². The molecule has 0 spiro atoms. The van der Waals surface area contributed by atoms with Crippen molar-refractivity contribution in [2.24, 2.45) is 0 Å². The fourth-order valence-electron chi connectivity index (χ4n) is 2.77. The quantitative estimate of drug-likeness (QED) is 0.606. The van der Waals surface area contributed by atoms with Gasteiger partial charge in [-0.25, -0.2) is 4.79 Å². The highest BCUT2D eigenvalue weighted by Gasteiger charge is 2.20. The van der Waals surface area contributed by atoms with Gasteiger partial charge >= 0.3 is 6.03 Å². The van der Waals surface area contributed by atoms with Gasteiger partial charge in [0.25, 0.3) is 0 Å². The summed E-state index contributed by atoms with van der Waals surface area (Å²) in [5.74, 6) is 0. The number of anilines is 1. The van der Waals surface area contributed by atoms with E-state index in [-0.39, 0.29) is 12.1 Å². The highest BCUT2D eigenvalue weighted by atomic mass is 35.5.